The zero-order valence-corrected chi connectivity index (χ0v) is 11.1. The molecule has 3 nitrogen and oxygen atoms in total. The van der Waals surface area contributed by atoms with Crippen LogP contribution in [0.3, 0.4) is 0 Å². The molecule has 17 heavy (non-hydrogen) atoms. The topological polar surface area (TPSA) is 41.5 Å². The zero-order chi connectivity index (χ0) is 12.1. The first kappa shape index (κ1) is 13.3. The lowest BCUT2D eigenvalue weighted by Gasteiger charge is -2.36. The maximum Gasteiger partial charge on any atom is 0.0771 e. The SMILES string of the molecule is COC1CCCC(NCC2(O)CCCCC2)C1. The summed E-state index contributed by atoms with van der Waals surface area (Å²) < 4.78 is 5.44. The van der Waals surface area contributed by atoms with Gasteiger partial charge in [0.2, 0.25) is 0 Å². The van der Waals surface area contributed by atoms with E-state index in [2.05, 4.69) is 5.32 Å². The molecule has 2 rings (SSSR count). The Hall–Kier alpha value is -0.120. The van der Waals surface area contributed by atoms with Gasteiger partial charge in [-0.3, -0.25) is 0 Å². The van der Waals surface area contributed by atoms with Crippen molar-refractivity contribution in [2.75, 3.05) is 13.7 Å². The van der Waals surface area contributed by atoms with Crippen molar-refractivity contribution >= 4 is 0 Å². The number of methoxy groups -OCH3 is 1. The smallest absolute Gasteiger partial charge is 0.0771 e. The molecule has 2 atom stereocenters. The summed E-state index contributed by atoms with van der Waals surface area (Å²) in [5.41, 5.74) is -0.432. The number of hydrogen-bond acceptors (Lipinski definition) is 3. The summed E-state index contributed by atoms with van der Waals surface area (Å²) in [6, 6.07) is 0.541. The molecule has 0 spiro atoms. The minimum atomic E-state index is -0.432. The fraction of sp³-hybridized carbons (Fsp3) is 1.00. The summed E-state index contributed by atoms with van der Waals surface area (Å²) in [7, 11) is 1.81. The largest absolute Gasteiger partial charge is 0.389 e. The Balaban J connectivity index is 1.73. The highest BCUT2D eigenvalue weighted by atomic mass is 16.5. The standard InChI is InChI=1S/C14H27NO2/c1-17-13-7-5-6-12(10-13)15-11-14(16)8-3-2-4-9-14/h12-13,15-16H,2-11H2,1H3. The second-order valence-electron chi connectivity index (χ2n) is 5.89. The van der Waals surface area contributed by atoms with Gasteiger partial charge in [-0.1, -0.05) is 19.3 Å². The van der Waals surface area contributed by atoms with E-state index in [0.29, 0.717) is 12.1 Å². The van der Waals surface area contributed by atoms with E-state index in [4.69, 9.17) is 4.74 Å². The van der Waals surface area contributed by atoms with Gasteiger partial charge in [-0.25, -0.2) is 0 Å². The lowest BCUT2D eigenvalue weighted by molar-refractivity contribution is -0.00298. The van der Waals surface area contributed by atoms with E-state index < -0.39 is 5.60 Å². The molecule has 0 radical (unpaired) electrons. The highest BCUT2D eigenvalue weighted by Crippen LogP contribution is 2.28. The fourth-order valence-corrected chi connectivity index (χ4v) is 3.27. The molecule has 100 valence electrons. The van der Waals surface area contributed by atoms with Crippen molar-refractivity contribution in [3.63, 3.8) is 0 Å². The van der Waals surface area contributed by atoms with E-state index in [0.717, 1.165) is 25.8 Å². The third-order valence-corrected chi connectivity index (χ3v) is 4.46. The Kier molecular flexibility index (Phi) is 4.83. The van der Waals surface area contributed by atoms with Gasteiger partial charge >= 0.3 is 0 Å². The molecular weight excluding hydrogens is 214 g/mol. The molecule has 2 aliphatic rings. The van der Waals surface area contributed by atoms with Gasteiger partial charge in [0.1, 0.15) is 0 Å². The van der Waals surface area contributed by atoms with E-state index >= 15 is 0 Å². The molecule has 0 aromatic carbocycles. The molecule has 0 aromatic rings. The molecule has 3 heteroatoms. The quantitative estimate of drug-likeness (QED) is 0.793. The van der Waals surface area contributed by atoms with Gasteiger partial charge in [0.25, 0.3) is 0 Å². The molecule has 0 amide bonds. The van der Waals surface area contributed by atoms with E-state index in [9.17, 15) is 5.11 Å². The molecule has 0 bridgehead atoms. The van der Waals surface area contributed by atoms with Crippen molar-refractivity contribution < 1.29 is 9.84 Å². The van der Waals surface area contributed by atoms with Gasteiger partial charge in [-0.15, -0.1) is 0 Å². The zero-order valence-electron chi connectivity index (χ0n) is 11.1. The fourth-order valence-electron chi connectivity index (χ4n) is 3.27. The molecule has 2 unspecified atom stereocenters. The third kappa shape index (κ3) is 3.94. The summed E-state index contributed by atoms with van der Waals surface area (Å²) in [4.78, 5) is 0. The van der Waals surface area contributed by atoms with Crippen LogP contribution in [0.4, 0.5) is 0 Å². The summed E-state index contributed by atoms with van der Waals surface area (Å²) in [5.74, 6) is 0. The molecule has 0 aromatic heterocycles. The minimum Gasteiger partial charge on any atom is -0.389 e. The number of nitrogens with one attached hydrogen (secondary N) is 1. The van der Waals surface area contributed by atoms with Gasteiger partial charge in [-0.05, 0) is 38.5 Å². The summed E-state index contributed by atoms with van der Waals surface area (Å²) in [6.07, 6.45) is 10.8. The average molecular weight is 241 g/mol. The van der Waals surface area contributed by atoms with Gasteiger partial charge in [0, 0.05) is 19.7 Å². The van der Waals surface area contributed by atoms with Crippen LogP contribution in [0, 0.1) is 0 Å². The second kappa shape index (κ2) is 6.17. The van der Waals surface area contributed by atoms with E-state index in [1.807, 2.05) is 7.11 Å². The predicted octanol–water partition coefficient (Wildman–Crippen LogP) is 2.23. The maximum absolute atomic E-state index is 10.4. The summed E-state index contributed by atoms with van der Waals surface area (Å²) in [5, 5.41) is 14.0. The van der Waals surface area contributed by atoms with Crippen LogP contribution in [0.25, 0.3) is 0 Å². The normalized spacial score (nSPS) is 33.5. The number of ether oxygens (including phenoxy) is 1. The lowest BCUT2D eigenvalue weighted by Crippen LogP contribution is -2.47. The van der Waals surface area contributed by atoms with E-state index in [-0.39, 0.29) is 0 Å². The van der Waals surface area contributed by atoms with E-state index in [1.54, 1.807) is 0 Å². The second-order valence-corrected chi connectivity index (χ2v) is 5.89. The van der Waals surface area contributed by atoms with Gasteiger partial charge < -0.3 is 15.2 Å². The Morgan fingerprint density at radius 1 is 1.18 bits per heavy atom. The maximum atomic E-state index is 10.4. The van der Waals surface area contributed by atoms with Crippen LogP contribution >= 0.6 is 0 Å². The average Bonchev–Trinajstić information content (AvgIpc) is 2.38. The Morgan fingerprint density at radius 3 is 2.65 bits per heavy atom. The first-order chi connectivity index (χ1) is 8.22. The molecule has 2 N–H and O–H groups in total. The first-order valence-corrected chi connectivity index (χ1v) is 7.20. The highest BCUT2D eigenvalue weighted by Gasteiger charge is 2.30. The van der Waals surface area contributed by atoms with Crippen molar-refractivity contribution in [2.24, 2.45) is 0 Å². The number of hydrogen-bond donors (Lipinski definition) is 2. The van der Waals surface area contributed by atoms with Crippen LogP contribution < -0.4 is 5.32 Å². The Morgan fingerprint density at radius 2 is 1.94 bits per heavy atom. The van der Waals surface area contributed by atoms with Crippen LogP contribution in [0.2, 0.25) is 0 Å². The van der Waals surface area contributed by atoms with Crippen molar-refractivity contribution in [3.05, 3.63) is 0 Å². The monoisotopic (exact) mass is 241 g/mol. The molecule has 0 heterocycles. The van der Waals surface area contributed by atoms with Crippen molar-refractivity contribution in [1.29, 1.82) is 0 Å². The van der Waals surface area contributed by atoms with Gasteiger partial charge in [-0.2, -0.15) is 0 Å². The third-order valence-electron chi connectivity index (χ3n) is 4.46. The summed E-state index contributed by atoms with van der Waals surface area (Å²) >= 11 is 0. The van der Waals surface area contributed by atoms with Crippen LogP contribution in [0.15, 0.2) is 0 Å². The van der Waals surface area contributed by atoms with E-state index in [1.165, 1.54) is 38.5 Å². The van der Waals surface area contributed by atoms with Crippen LogP contribution in [-0.4, -0.2) is 36.5 Å². The molecule has 0 saturated heterocycles. The predicted molar refractivity (Wildman–Crippen MR) is 69.1 cm³/mol. The van der Waals surface area contributed by atoms with Gasteiger partial charge in [0.15, 0.2) is 0 Å². The van der Waals surface area contributed by atoms with Crippen molar-refractivity contribution in [1.82, 2.24) is 5.32 Å². The number of rotatable bonds is 4. The molecule has 2 aliphatic carbocycles. The van der Waals surface area contributed by atoms with Crippen LogP contribution in [0.1, 0.15) is 57.8 Å². The molecule has 2 fully saturated rings. The lowest BCUT2D eigenvalue weighted by atomic mass is 9.84. The van der Waals surface area contributed by atoms with Gasteiger partial charge in [0.05, 0.1) is 11.7 Å². The first-order valence-electron chi connectivity index (χ1n) is 7.20. The minimum absolute atomic E-state index is 0.419. The van der Waals surface area contributed by atoms with Crippen molar-refractivity contribution in [2.45, 2.75) is 75.5 Å². The van der Waals surface area contributed by atoms with Crippen LogP contribution in [0.5, 0.6) is 0 Å². The van der Waals surface area contributed by atoms with Crippen molar-refractivity contribution in [3.8, 4) is 0 Å². The molecule has 2 saturated carbocycles. The Bertz CT molecular complexity index is 226. The molecular formula is C14H27NO2. The molecule has 0 aliphatic heterocycles. The Labute approximate surface area is 105 Å². The highest BCUT2D eigenvalue weighted by molar-refractivity contribution is 4.87. The van der Waals surface area contributed by atoms with Crippen LogP contribution in [-0.2, 0) is 4.74 Å². The number of aliphatic hydroxyl groups is 1. The summed E-state index contributed by atoms with van der Waals surface area (Å²) in [6.45, 7) is 0.772.